The molecule has 1 aliphatic carbocycles. The lowest BCUT2D eigenvalue weighted by Crippen LogP contribution is -2.21. The summed E-state index contributed by atoms with van der Waals surface area (Å²) < 4.78 is 10.5. The number of hydrogen-bond acceptors (Lipinski definition) is 5. The molecule has 1 heterocycles. The van der Waals surface area contributed by atoms with Crippen LogP contribution in [-0.4, -0.2) is 25.6 Å². The number of carbonyl (C=O) groups is 2. The average Bonchev–Trinajstić information content (AvgIpc) is 2.97. The molecule has 1 unspecified atom stereocenters. The Morgan fingerprint density at radius 3 is 2.85 bits per heavy atom. The Hall–Kier alpha value is -2.05. The molecule has 1 aliphatic rings. The molecule has 0 spiro atoms. The first-order chi connectivity index (χ1) is 12.9. The fraction of sp³-hybridized carbons (Fsp3) is 0.400. The van der Waals surface area contributed by atoms with Crippen LogP contribution in [0.15, 0.2) is 18.2 Å². The molecule has 2 aromatic rings. The monoisotopic (exact) mass is 407 g/mol. The summed E-state index contributed by atoms with van der Waals surface area (Å²) in [6.07, 6.45) is 2.77. The highest BCUT2D eigenvalue weighted by Crippen LogP contribution is 2.40. The van der Waals surface area contributed by atoms with E-state index in [1.807, 2.05) is 6.92 Å². The molecule has 1 amide bonds. The second-order valence-electron chi connectivity index (χ2n) is 6.79. The minimum Gasteiger partial charge on any atom is -0.483 e. The van der Waals surface area contributed by atoms with Gasteiger partial charge in [0, 0.05) is 9.90 Å². The summed E-state index contributed by atoms with van der Waals surface area (Å²) in [7, 11) is 1.36. The summed E-state index contributed by atoms with van der Waals surface area (Å²) in [5.74, 6) is 0.441. The van der Waals surface area contributed by atoms with Crippen molar-refractivity contribution < 1.29 is 19.1 Å². The predicted molar refractivity (Wildman–Crippen MR) is 107 cm³/mol. The van der Waals surface area contributed by atoms with Crippen LogP contribution in [0.25, 0.3) is 0 Å². The van der Waals surface area contributed by atoms with Gasteiger partial charge in [-0.3, -0.25) is 4.79 Å². The Morgan fingerprint density at radius 2 is 2.15 bits per heavy atom. The highest BCUT2D eigenvalue weighted by atomic mass is 35.5. The number of hydrogen-bond donors (Lipinski definition) is 1. The van der Waals surface area contributed by atoms with E-state index in [1.165, 1.54) is 18.4 Å². The number of rotatable bonds is 5. The minimum absolute atomic E-state index is 0.151. The van der Waals surface area contributed by atoms with Crippen LogP contribution in [0.5, 0.6) is 5.75 Å². The standard InChI is InChI=1S/C20H22ClNO4S/c1-11-4-6-14-16(8-11)27-19(18(14)20(24)25-3)22-17(23)10-26-15-7-5-13(21)9-12(15)2/h5,7,9,11H,4,6,8,10H2,1-3H3,(H,22,23). The molecule has 0 fully saturated rings. The predicted octanol–water partition coefficient (Wildman–Crippen LogP) is 4.64. The number of amides is 1. The van der Waals surface area contributed by atoms with E-state index in [2.05, 4.69) is 12.2 Å². The summed E-state index contributed by atoms with van der Waals surface area (Å²) >= 11 is 7.39. The van der Waals surface area contributed by atoms with Crippen LogP contribution in [0, 0.1) is 12.8 Å². The van der Waals surface area contributed by atoms with Crippen molar-refractivity contribution in [2.24, 2.45) is 5.92 Å². The molecule has 144 valence electrons. The molecule has 5 nitrogen and oxygen atoms in total. The van der Waals surface area contributed by atoms with E-state index < -0.39 is 5.97 Å². The van der Waals surface area contributed by atoms with Gasteiger partial charge >= 0.3 is 5.97 Å². The van der Waals surface area contributed by atoms with Gasteiger partial charge in [0.2, 0.25) is 0 Å². The van der Waals surface area contributed by atoms with Gasteiger partial charge in [-0.15, -0.1) is 11.3 Å². The number of ether oxygens (including phenoxy) is 2. The Bertz CT molecular complexity index is 877. The zero-order valence-corrected chi connectivity index (χ0v) is 17.1. The molecule has 0 radical (unpaired) electrons. The lowest BCUT2D eigenvalue weighted by molar-refractivity contribution is -0.118. The van der Waals surface area contributed by atoms with Gasteiger partial charge in [-0.25, -0.2) is 4.79 Å². The van der Waals surface area contributed by atoms with Crippen molar-refractivity contribution in [3.8, 4) is 5.75 Å². The Labute approximate surface area is 167 Å². The smallest absolute Gasteiger partial charge is 0.341 e. The maximum absolute atomic E-state index is 12.4. The molecular formula is C20H22ClNO4S. The average molecular weight is 408 g/mol. The number of halogens is 1. The van der Waals surface area contributed by atoms with Crippen LogP contribution < -0.4 is 10.1 Å². The van der Waals surface area contributed by atoms with Crippen molar-refractivity contribution in [3.05, 3.63) is 44.8 Å². The third-order valence-corrected chi connectivity index (χ3v) is 6.05. The zero-order chi connectivity index (χ0) is 19.6. The number of nitrogens with one attached hydrogen (secondary N) is 1. The molecule has 3 rings (SSSR count). The van der Waals surface area contributed by atoms with Crippen LogP contribution in [-0.2, 0) is 22.4 Å². The van der Waals surface area contributed by atoms with Gasteiger partial charge in [0.1, 0.15) is 10.8 Å². The van der Waals surface area contributed by atoms with Crippen LogP contribution in [0.4, 0.5) is 5.00 Å². The fourth-order valence-corrected chi connectivity index (χ4v) is 4.88. The van der Waals surface area contributed by atoms with Gasteiger partial charge in [-0.05, 0) is 61.4 Å². The van der Waals surface area contributed by atoms with Crippen molar-refractivity contribution in [2.45, 2.75) is 33.1 Å². The number of benzene rings is 1. The number of carbonyl (C=O) groups excluding carboxylic acids is 2. The highest BCUT2D eigenvalue weighted by molar-refractivity contribution is 7.17. The van der Waals surface area contributed by atoms with Gasteiger partial charge in [-0.1, -0.05) is 18.5 Å². The number of esters is 1. The first-order valence-corrected chi connectivity index (χ1v) is 10.00. The minimum atomic E-state index is -0.410. The number of anilines is 1. The summed E-state index contributed by atoms with van der Waals surface area (Å²) in [6, 6.07) is 5.22. The summed E-state index contributed by atoms with van der Waals surface area (Å²) in [6.45, 7) is 3.91. The van der Waals surface area contributed by atoms with E-state index in [9.17, 15) is 9.59 Å². The quantitative estimate of drug-likeness (QED) is 0.733. The molecule has 0 bridgehead atoms. The first-order valence-electron chi connectivity index (χ1n) is 8.80. The summed E-state index contributed by atoms with van der Waals surface area (Å²) in [5, 5.41) is 3.99. The molecule has 1 aromatic heterocycles. The van der Waals surface area contributed by atoms with Gasteiger partial charge in [-0.2, -0.15) is 0 Å². The number of methoxy groups -OCH3 is 1. The van der Waals surface area contributed by atoms with E-state index >= 15 is 0 Å². The van der Waals surface area contributed by atoms with Crippen molar-refractivity contribution in [3.63, 3.8) is 0 Å². The van der Waals surface area contributed by atoms with E-state index in [0.717, 1.165) is 35.3 Å². The second-order valence-corrected chi connectivity index (χ2v) is 8.34. The number of aryl methyl sites for hydroxylation is 1. The lowest BCUT2D eigenvalue weighted by Gasteiger charge is -2.18. The van der Waals surface area contributed by atoms with E-state index in [0.29, 0.717) is 27.3 Å². The maximum atomic E-state index is 12.4. The molecule has 1 atom stereocenters. The van der Waals surface area contributed by atoms with Gasteiger partial charge in [0.15, 0.2) is 6.61 Å². The molecule has 0 aliphatic heterocycles. The van der Waals surface area contributed by atoms with Gasteiger partial charge in [0.25, 0.3) is 5.91 Å². The first kappa shape index (κ1) is 19.7. The maximum Gasteiger partial charge on any atom is 0.341 e. The Kier molecular flexibility index (Phi) is 6.07. The van der Waals surface area contributed by atoms with Crippen LogP contribution in [0.3, 0.4) is 0 Å². The fourth-order valence-electron chi connectivity index (χ4n) is 3.24. The Morgan fingerprint density at radius 1 is 1.37 bits per heavy atom. The van der Waals surface area contributed by atoms with Gasteiger partial charge < -0.3 is 14.8 Å². The number of thiophene rings is 1. The molecule has 7 heteroatoms. The normalized spacial score (nSPS) is 15.8. The van der Waals surface area contributed by atoms with Crippen molar-refractivity contribution in [1.82, 2.24) is 0 Å². The van der Waals surface area contributed by atoms with Crippen LogP contribution in [0.2, 0.25) is 5.02 Å². The van der Waals surface area contributed by atoms with E-state index in [4.69, 9.17) is 21.1 Å². The molecule has 1 aromatic carbocycles. The van der Waals surface area contributed by atoms with Crippen molar-refractivity contribution in [1.29, 1.82) is 0 Å². The summed E-state index contributed by atoms with van der Waals surface area (Å²) in [4.78, 5) is 25.8. The van der Waals surface area contributed by atoms with Crippen LogP contribution in [0.1, 0.15) is 39.7 Å². The van der Waals surface area contributed by atoms with E-state index in [1.54, 1.807) is 18.2 Å². The SMILES string of the molecule is COC(=O)c1c(NC(=O)COc2ccc(Cl)cc2C)sc2c1CCC(C)C2. The summed E-state index contributed by atoms with van der Waals surface area (Å²) in [5.41, 5.74) is 2.35. The molecule has 27 heavy (non-hydrogen) atoms. The molecule has 1 N–H and O–H groups in total. The van der Waals surface area contributed by atoms with Gasteiger partial charge in [0.05, 0.1) is 12.7 Å². The second kappa shape index (κ2) is 8.31. The van der Waals surface area contributed by atoms with Crippen LogP contribution >= 0.6 is 22.9 Å². The Balaban J connectivity index is 1.74. The third-order valence-electron chi connectivity index (χ3n) is 4.65. The molecular weight excluding hydrogens is 386 g/mol. The molecule has 0 saturated heterocycles. The number of fused-ring (bicyclic) bond motifs is 1. The zero-order valence-electron chi connectivity index (χ0n) is 15.6. The molecule has 0 saturated carbocycles. The third kappa shape index (κ3) is 4.45. The highest BCUT2D eigenvalue weighted by Gasteiger charge is 2.28. The lowest BCUT2D eigenvalue weighted by atomic mass is 9.88. The topological polar surface area (TPSA) is 64.6 Å². The largest absolute Gasteiger partial charge is 0.483 e. The van der Waals surface area contributed by atoms with E-state index in [-0.39, 0.29) is 12.5 Å². The van der Waals surface area contributed by atoms with Crippen molar-refractivity contribution >= 4 is 39.8 Å². The van der Waals surface area contributed by atoms with Crippen molar-refractivity contribution in [2.75, 3.05) is 19.0 Å².